The number of carbonyl (C=O) groups excluding carboxylic acids is 1. The van der Waals surface area contributed by atoms with E-state index in [1.807, 2.05) is 0 Å². The molecule has 3 aliphatic rings. The predicted octanol–water partition coefficient (Wildman–Crippen LogP) is 2.56. The number of methoxy groups -OCH3 is 1. The first kappa shape index (κ1) is 21.5. The van der Waals surface area contributed by atoms with Crippen LogP contribution in [0.5, 0.6) is 5.75 Å². The molecule has 1 amide bonds. The van der Waals surface area contributed by atoms with Crippen molar-refractivity contribution < 1.29 is 18.7 Å². The third kappa shape index (κ3) is 5.13. The molecule has 30 heavy (non-hydrogen) atoms. The van der Waals surface area contributed by atoms with Crippen molar-refractivity contribution in [3.8, 4) is 5.75 Å². The molecule has 7 heteroatoms. The van der Waals surface area contributed by atoms with Gasteiger partial charge < -0.3 is 14.8 Å². The molecule has 1 aromatic rings. The molecular weight excluding hydrogens is 385 g/mol. The van der Waals surface area contributed by atoms with Crippen LogP contribution in [0.1, 0.15) is 44.1 Å². The number of benzene rings is 1. The lowest BCUT2D eigenvalue weighted by Gasteiger charge is -2.45. The highest BCUT2D eigenvalue weighted by molar-refractivity contribution is 5.77. The molecule has 1 N–H and O–H groups in total. The van der Waals surface area contributed by atoms with Gasteiger partial charge in [0.05, 0.1) is 26.5 Å². The number of amides is 1. The lowest BCUT2D eigenvalue weighted by Crippen LogP contribution is -2.60. The maximum absolute atomic E-state index is 13.9. The minimum absolute atomic E-state index is 0.0294. The number of piperidine rings is 1. The number of carbonyl (C=O) groups is 1. The van der Waals surface area contributed by atoms with Crippen LogP contribution in [0, 0.1) is 5.82 Å². The van der Waals surface area contributed by atoms with Crippen LogP contribution in [0.15, 0.2) is 18.2 Å². The molecule has 0 aliphatic carbocycles. The summed E-state index contributed by atoms with van der Waals surface area (Å²) in [6.45, 7) is 4.25. The van der Waals surface area contributed by atoms with E-state index in [1.165, 1.54) is 12.5 Å². The van der Waals surface area contributed by atoms with Crippen LogP contribution in [-0.2, 0) is 16.0 Å². The van der Waals surface area contributed by atoms with Gasteiger partial charge in [0.15, 0.2) is 0 Å². The van der Waals surface area contributed by atoms with E-state index in [0.29, 0.717) is 6.42 Å². The number of likely N-dealkylation sites (tertiary alicyclic amines) is 1. The van der Waals surface area contributed by atoms with Crippen LogP contribution in [0.25, 0.3) is 0 Å². The van der Waals surface area contributed by atoms with E-state index in [0.717, 1.165) is 76.3 Å². The Morgan fingerprint density at radius 3 is 2.83 bits per heavy atom. The van der Waals surface area contributed by atoms with E-state index in [2.05, 4.69) is 15.1 Å². The standard InChI is InChI=1S/C23H34FN3O3/c1-29-21-7-6-18(24)13-17(21)14-19-5-3-2-4-8-27(19)22-15-20(16-23(28)25-22)26-9-11-30-12-10-26/h6-7,13,19-20,22H,2-5,8-12,14-16H2,1H3,(H,25,28)/t19-,20?,22?/m1/s1. The van der Waals surface area contributed by atoms with Crippen LogP contribution in [0.3, 0.4) is 0 Å². The van der Waals surface area contributed by atoms with Gasteiger partial charge in [0.2, 0.25) is 5.91 Å². The van der Waals surface area contributed by atoms with Crippen LogP contribution in [-0.4, -0.2) is 73.9 Å². The van der Waals surface area contributed by atoms with Gasteiger partial charge in [-0.2, -0.15) is 0 Å². The number of nitrogens with one attached hydrogen (secondary N) is 1. The maximum Gasteiger partial charge on any atom is 0.222 e. The van der Waals surface area contributed by atoms with Crippen molar-refractivity contribution in [2.45, 2.75) is 63.2 Å². The summed E-state index contributed by atoms with van der Waals surface area (Å²) < 4.78 is 24.9. The summed E-state index contributed by atoms with van der Waals surface area (Å²) in [6, 6.07) is 5.28. The van der Waals surface area contributed by atoms with Crippen LogP contribution in [0.4, 0.5) is 4.39 Å². The zero-order valence-corrected chi connectivity index (χ0v) is 17.9. The molecule has 3 atom stereocenters. The summed E-state index contributed by atoms with van der Waals surface area (Å²) in [6.07, 6.45) is 6.79. The number of hydrogen-bond donors (Lipinski definition) is 1. The van der Waals surface area contributed by atoms with Crippen LogP contribution < -0.4 is 10.1 Å². The fraction of sp³-hybridized carbons (Fsp3) is 0.696. The molecule has 3 aliphatic heterocycles. The van der Waals surface area contributed by atoms with Crippen molar-refractivity contribution in [3.63, 3.8) is 0 Å². The van der Waals surface area contributed by atoms with Gasteiger partial charge in [-0.3, -0.25) is 14.6 Å². The van der Waals surface area contributed by atoms with E-state index in [9.17, 15) is 9.18 Å². The van der Waals surface area contributed by atoms with E-state index in [1.54, 1.807) is 19.2 Å². The van der Waals surface area contributed by atoms with Gasteiger partial charge in [-0.05, 0) is 49.4 Å². The van der Waals surface area contributed by atoms with E-state index < -0.39 is 0 Å². The number of ether oxygens (including phenoxy) is 2. The van der Waals surface area contributed by atoms with E-state index in [-0.39, 0.29) is 30.0 Å². The van der Waals surface area contributed by atoms with E-state index in [4.69, 9.17) is 9.47 Å². The molecule has 0 saturated carbocycles. The molecule has 4 rings (SSSR count). The van der Waals surface area contributed by atoms with E-state index >= 15 is 0 Å². The zero-order chi connectivity index (χ0) is 20.9. The average Bonchev–Trinajstić information content (AvgIpc) is 2.99. The Bertz CT molecular complexity index is 726. The fourth-order valence-corrected chi connectivity index (χ4v) is 5.29. The number of hydrogen-bond acceptors (Lipinski definition) is 5. The molecule has 3 fully saturated rings. The lowest BCUT2D eigenvalue weighted by atomic mass is 9.96. The second-order valence-corrected chi connectivity index (χ2v) is 8.73. The first-order valence-electron chi connectivity index (χ1n) is 11.3. The Morgan fingerprint density at radius 1 is 1.20 bits per heavy atom. The second-order valence-electron chi connectivity index (χ2n) is 8.73. The van der Waals surface area contributed by atoms with Crippen molar-refractivity contribution in [1.82, 2.24) is 15.1 Å². The van der Waals surface area contributed by atoms with Gasteiger partial charge in [0.25, 0.3) is 0 Å². The predicted molar refractivity (Wildman–Crippen MR) is 113 cm³/mol. The summed E-state index contributed by atoms with van der Waals surface area (Å²) >= 11 is 0. The molecular formula is C23H34FN3O3. The van der Waals surface area contributed by atoms with Crippen LogP contribution >= 0.6 is 0 Å². The van der Waals surface area contributed by atoms with Gasteiger partial charge in [-0.1, -0.05) is 12.8 Å². The molecule has 0 radical (unpaired) electrons. The Morgan fingerprint density at radius 2 is 2.03 bits per heavy atom. The minimum atomic E-state index is -0.232. The highest BCUT2D eigenvalue weighted by Gasteiger charge is 2.37. The number of nitrogens with zero attached hydrogens (tertiary/aromatic N) is 2. The van der Waals surface area contributed by atoms with Gasteiger partial charge in [-0.25, -0.2) is 4.39 Å². The Hall–Kier alpha value is -1.70. The molecule has 0 bridgehead atoms. The topological polar surface area (TPSA) is 54.0 Å². The van der Waals surface area contributed by atoms with Crippen molar-refractivity contribution in [2.24, 2.45) is 0 Å². The SMILES string of the molecule is COc1ccc(F)cc1C[C@H]1CCCCCN1C1CC(N2CCOCC2)CC(=O)N1. The van der Waals surface area contributed by atoms with Crippen molar-refractivity contribution in [2.75, 3.05) is 40.0 Å². The lowest BCUT2D eigenvalue weighted by molar-refractivity contribution is -0.129. The number of halogens is 1. The smallest absolute Gasteiger partial charge is 0.222 e. The van der Waals surface area contributed by atoms with Crippen LogP contribution in [0.2, 0.25) is 0 Å². The fourth-order valence-electron chi connectivity index (χ4n) is 5.29. The van der Waals surface area contributed by atoms with Crippen molar-refractivity contribution >= 4 is 5.91 Å². The highest BCUT2D eigenvalue weighted by atomic mass is 19.1. The van der Waals surface area contributed by atoms with Crippen molar-refractivity contribution in [3.05, 3.63) is 29.6 Å². The highest BCUT2D eigenvalue weighted by Crippen LogP contribution is 2.29. The number of rotatable bonds is 5. The summed E-state index contributed by atoms with van der Waals surface area (Å²) in [5.41, 5.74) is 0.904. The van der Waals surface area contributed by atoms with Gasteiger partial charge in [-0.15, -0.1) is 0 Å². The molecule has 6 nitrogen and oxygen atoms in total. The molecule has 3 heterocycles. The monoisotopic (exact) mass is 419 g/mol. The van der Waals surface area contributed by atoms with Gasteiger partial charge >= 0.3 is 0 Å². The molecule has 166 valence electrons. The summed E-state index contributed by atoms with van der Waals surface area (Å²) in [5, 5.41) is 3.26. The largest absolute Gasteiger partial charge is 0.496 e. The van der Waals surface area contributed by atoms with Gasteiger partial charge in [0, 0.05) is 38.1 Å². The summed E-state index contributed by atoms with van der Waals surface area (Å²) in [4.78, 5) is 17.5. The van der Waals surface area contributed by atoms with Gasteiger partial charge in [0.1, 0.15) is 11.6 Å². The third-order valence-corrected chi connectivity index (χ3v) is 6.83. The molecule has 3 saturated heterocycles. The third-order valence-electron chi connectivity index (χ3n) is 6.83. The zero-order valence-electron chi connectivity index (χ0n) is 17.9. The Labute approximate surface area is 178 Å². The minimum Gasteiger partial charge on any atom is -0.496 e. The quantitative estimate of drug-likeness (QED) is 0.795. The first-order valence-corrected chi connectivity index (χ1v) is 11.3. The summed E-state index contributed by atoms with van der Waals surface area (Å²) in [5.74, 6) is 0.637. The molecule has 0 spiro atoms. The molecule has 0 aromatic heterocycles. The first-order chi connectivity index (χ1) is 14.6. The normalized spacial score (nSPS) is 29.3. The summed E-state index contributed by atoms with van der Waals surface area (Å²) in [7, 11) is 1.63. The molecule has 1 aromatic carbocycles. The number of morpholine rings is 1. The second kappa shape index (κ2) is 10.1. The Balaban J connectivity index is 1.52. The molecule has 2 unspecified atom stereocenters. The average molecular weight is 420 g/mol. The maximum atomic E-state index is 13.9. The Kier molecular flexibility index (Phi) is 7.23. The van der Waals surface area contributed by atoms with Crippen molar-refractivity contribution in [1.29, 1.82) is 0 Å².